The topological polar surface area (TPSA) is 21.3 Å². The molecule has 2 rings (SSSR count). The standard InChI is InChI=1S/C17H27NO/c1-3-14-7-6-8-15(13-14)17(18-2)11-10-16-9-4-5-12-19-16/h6-8,13,16-18H,3-5,9-12H2,1-2H3. The molecule has 2 heteroatoms. The zero-order valence-corrected chi connectivity index (χ0v) is 12.3. The number of nitrogens with one attached hydrogen (secondary N) is 1. The van der Waals surface area contributed by atoms with Crippen LogP contribution in [0.4, 0.5) is 0 Å². The minimum atomic E-state index is 0.456. The first kappa shape index (κ1) is 14.5. The lowest BCUT2D eigenvalue weighted by atomic mass is 9.96. The van der Waals surface area contributed by atoms with Crippen LogP contribution in [0.1, 0.15) is 56.2 Å². The van der Waals surface area contributed by atoms with Crippen molar-refractivity contribution in [3.8, 4) is 0 Å². The summed E-state index contributed by atoms with van der Waals surface area (Å²) in [6.07, 6.45) is 7.74. The molecule has 1 aromatic rings. The molecule has 1 heterocycles. The average molecular weight is 261 g/mol. The summed E-state index contributed by atoms with van der Waals surface area (Å²) in [5.74, 6) is 0. The third kappa shape index (κ3) is 4.32. The lowest BCUT2D eigenvalue weighted by molar-refractivity contribution is 0.00866. The second kappa shape index (κ2) is 7.66. The fourth-order valence-electron chi connectivity index (χ4n) is 2.90. The largest absolute Gasteiger partial charge is 0.378 e. The Morgan fingerprint density at radius 1 is 1.37 bits per heavy atom. The molecule has 0 aromatic heterocycles. The molecule has 0 spiro atoms. The Balaban J connectivity index is 1.91. The van der Waals surface area contributed by atoms with E-state index in [9.17, 15) is 0 Å². The SMILES string of the molecule is CCc1cccc(C(CCC2CCCCO2)NC)c1. The lowest BCUT2D eigenvalue weighted by Gasteiger charge is -2.25. The first-order valence-electron chi connectivity index (χ1n) is 7.71. The molecule has 0 bridgehead atoms. The minimum Gasteiger partial charge on any atom is -0.378 e. The quantitative estimate of drug-likeness (QED) is 0.839. The minimum absolute atomic E-state index is 0.456. The van der Waals surface area contributed by atoms with Crippen molar-refractivity contribution in [2.24, 2.45) is 0 Å². The van der Waals surface area contributed by atoms with Crippen LogP contribution in [0.2, 0.25) is 0 Å². The van der Waals surface area contributed by atoms with Crippen LogP contribution in [0, 0.1) is 0 Å². The molecular weight excluding hydrogens is 234 g/mol. The van der Waals surface area contributed by atoms with Gasteiger partial charge in [0, 0.05) is 12.6 Å². The molecule has 1 saturated heterocycles. The van der Waals surface area contributed by atoms with Crippen LogP contribution in [0.5, 0.6) is 0 Å². The van der Waals surface area contributed by atoms with Crippen molar-refractivity contribution >= 4 is 0 Å². The van der Waals surface area contributed by atoms with E-state index in [4.69, 9.17) is 4.74 Å². The highest BCUT2D eigenvalue weighted by Gasteiger charge is 2.17. The summed E-state index contributed by atoms with van der Waals surface area (Å²) in [5.41, 5.74) is 2.84. The van der Waals surface area contributed by atoms with E-state index in [2.05, 4.69) is 43.6 Å². The maximum absolute atomic E-state index is 5.83. The van der Waals surface area contributed by atoms with E-state index in [-0.39, 0.29) is 0 Å². The van der Waals surface area contributed by atoms with Gasteiger partial charge in [-0.05, 0) is 56.7 Å². The van der Waals surface area contributed by atoms with Crippen LogP contribution < -0.4 is 5.32 Å². The molecule has 1 aliphatic heterocycles. The molecule has 1 N–H and O–H groups in total. The summed E-state index contributed by atoms with van der Waals surface area (Å²) >= 11 is 0. The second-order valence-electron chi connectivity index (χ2n) is 5.51. The molecule has 0 amide bonds. The van der Waals surface area contributed by atoms with E-state index in [1.807, 2.05) is 0 Å². The molecule has 0 aliphatic carbocycles. The Bertz CT molecular complexity index is 371. The predicted molar refractivity (Wildman–Crippen MR) is 80.4 cm³/mol. The molecule has 2 atom stereocenters. The van der Waals surface area contributed by atoms with Crippen molar-refractivity contribution in [3.63, 3.8) is 0 Å². The first-order valence-corrected chi connectivity index (χ1v) is 7.71. The molecule has 0 radical (unpaired) electrons. The smallest absolute Gasteiger partial charge is 0.0575 e. The normalized spacial score (nSPS) is 21.3. The Morgan fingerprint density at radius 2 is 2.26 bits per heavy atom. The number of hydrogen-bond acceptors (Lipinski definition) is 2. The van der Waals surface area contributed by atoms with Gasteiger partial charge in [-0.3, -0.25) is 0 Å². The highest BCUT2D eigenvalue weighted by molar-refractivity contribution is 5.26. The number of hydrogen-bond donors (Lipinski definition) is 1. The van der Waals surface area contributed by atoms with Gasteiger partial charge in [-0.15, -0.1) is 0 Å². The number of benzene rings is 1. The first-order chi connectivity index (χ1) is 9.33. The molecule has 106 valence electrons. The van der Waals surface area contributed by atoms with Gasteiger partial charge in [0.05, 0.1) is 6.10 Å². The lowest BCUT2D eigenvalue weighted by Crippen LogP contribution is -2.23. The van der Waals surface area contributed by atoms with Crippen molar-refractivity contribution in [3.05, 3.63) is 35.4 Å². The molecule has 1 fully saturated rings. The summed E-state index contributed by atoms with van der Waals surface area (Å²) in [6, 6.07) is 9.41. The monoisotopic (exact) mass is 261 g/mol. The van der Waals surface area contributed by atoms with E-state index < -0.39 is 0 Å². The van der Waals surface area contributed by atoms with E-state index >= 15 is 0 Å². The van der Waals surface area contributed by atoms with Crippen molar-refractivity contribution < 1.29 is 4.74 Å². The Hall–Kier alpha value is -0.860. The molecule has 2 nitrogen and oxygen atoms in total. The van der Waals surface area contributed by atoms with Gasteiger partial charge in [-0.2, -0.15) is 0 Å². The maximum Gasteiger partial charge on any atom is 0.0575 e. The van der Waals surface area contributed by atoms with Crippen molar-refractivity contribution in [2.45, 2.75) is 57.6 Å². The van der Waals surface area contributed by atoms with Crippen LogP contribution in [0.3, 0.4) is 0 Å². The maximum atomic E-state index is 5.83. The zero-order chi connectivity index (χ0) is 13.5. The van der Waals surface area contributed by atoms with Gasteiger partial charge in [0.2, 0.25) is 0 Å². The summed E-state index contributed by atoms with van der Waals surface area (Å²) in [7, 11) is 2.06. The average Bonchev–Trinajstić information content (AvgIpc) is 2.49. The summed E-state index contributed by atoms with van der Waals surface area (Å²) < 4.78 is 5.83. The Labute approximate surface area is 117 Å². The Kier molecular flexibility index (Phi) is 5.87. The van der Waals surface area contributed by atoms with Crippen molar-refractivity contribution in [1.29, 1.82) is 0 Å². The van der Waals surface area contributed by atoms with Gasteiger partial charge in [-0.25, -0.2) is 0 Å². The van der Waals surface area contributed by atoms with E-state index in [1.165, 1.54) is 36.8 Å². The van der Waals surface area contributed by atoms with Gasteiger partial charge in [0.15, 0.2) is 0 Å². The fraction of sp³-hybridized carbons (Fsp3) is 0.647. The second-order valence-corrected chi connectivity index (χ2v) is 5.51. The van der Waals surface area contributed by atoms with Crippen molar-refractivity contribution in [2.75, 3.05) is 13.7 Å². The van der Waals surface area contributed by atoms with Gasteiger partial charge in [-0.1, -0.05) is 31.2 Å². The summed E-state index contributed by atoms with van der Waals surface area (Å²) in [4.78, 5) is 0. The van der Waals surface area contributed by atoms with Gasteiger partial charge in [0.25, 0.3) is 0 Å². The van der Waals surface area contributed by atoms with E-state index in [0.717, 1.165) is 19.4 Å². The Morgan fingerprint density at radius 3 is 2.95 bits per heavy atom. The van der Waals surface area contributed by atoms with Crippen LogP contribution >= 0.6 is 0 Å². The number of rotatable bonds is 6. The molecule has 1 aromatic carbocycles. The van der Waals surface area contributed by atoms with Gasteiger partial charge >= 0.3 is 0 Å². The molecule has 19 heavy (non-hydrogen) atoms. The predicted octanol–water partition coefficient (Wildman–Crippen LogP) is 3.86. The zero-order valence-electron chi connectivity index (χ0n) is 12.3. The van der Waals surface area contributed by atoms with Crippen LogP contribution in [-0.2, 0) is 11.2 Å². The molecular formula is C17H27NO. The number of ether oxygens (including phenoxy) is 1. The van der Waals surface area contributed by atoms with Gasteiger partial charge in [0.1, 0.15) is 0 Å². The summed E-state index contributed by atoms with van der Waals surface area (Å²) in [5, 5.41) is 3.45. The highest BCUT2D eigenvalue weighted by Crippen LogP contribution is 2.24. The summed E-state index contributed by atoms with van der Waals surface area (Å²) in [6.45, 7) is 3.17. The van der Waals surface area contributed by atoms with E-state index in [1.54, 1.807) is 0 Å². The third-order valence-electron chi connectivity index (χ3n) is 4.16. The van der Waals surface area contributed by atoms with E-state index in [0.29, 0.717) is 12.1 Å². The van der Waals surface area contributed by atoms with Crippen LogP contribution in [-0.4, -0.2) is 19.8 Å². The third-order valence-corrected chi connectivity index (χ3v) is 4.16. The van der Waals surface area contributed by atoms with Gasteiger partial charge < -0.3 is 10.1 Å². The molecule has 1 aliphatic rings. The van der Waals surface area contributed by atoms with Crippen LogP contribution in [0.15, 0.2) is 24.3 Å². The fourth-order valence-corrected chi connectivity index (χ4v) is 2.90. The highest BCUT2D eigenvalue weighted by atomic mass is 16.5. The molecule has 2 unspecified atom stereocenters. The number of aryl methyl sites for hydroxylation is 1. The van der Waals surface area contributed by atoms with Crippen LogP contribution in [0.25, 0.3) is 0 Å². The van der Waals surface area contributed by atoms with Crippen molar-refractivity contribution in [1.82, 2.24) is 5.32 Å². The molecule has 0 saturated carbocycles.